The second-order valence-electron chi connectivity index (χ2n) is 9.95. The number of benzene rings is 2. The van der Waals surface area contributed by atoms with E-state index < -0.39 is 17.7 Å². The van der Waals surface area contributed by atoms with Crippen LogP contribution in [-0.2, 0) is 9.53 Å². The summed E-state index contributed by atoms with van der Waals surface area (Å²) in [6.45, 7) is 11.4. The Morgan fingerprint density at radius 1 is 1.00 bits per heavy atom. The monoisotopic (exact) mass is 492 g/mol. The lowest BCUT2D eigenvalue weighted by Gasteiger charge is -2.36. The highest BCUT2D eigenvalue weighted by molar-refractivity contribution is 5.85. The molecule has 0 radical (unpaired) electrons. The molecule has 1 aliphatic rings. The number of carbonyl (C=O) groups excluding carboxylic acids is 2. The summed E-state index contributed by atoms with van der Waals surface area (Å²) in [4.78, 5) is 28.7. The van der Waals surface area contributed by atoms with Gasteiger partial charge in [-0.3, -0.25) is 9.69 Å². The van der Waals surface area contributed by atoms with Crippen molar-refractivity contribution in [2.24, 2.45) is 0 Å². The molecule has 2 aromatic rings. The van der Waals surface area contributed by atoms with Gasteiger partial charge in [0.05, 0.1) is 18.2 Å². The molecule has 1 heterocycles. The Labute approximate surface area is 213 Å². The SMILES string of the molecule is C[C@H](NC(=O)OC(C)(C)C)C(=O)N1CCN(CCCOc2ccc(-c3ccc(C#N)cc3)cc2)CC1. The highest BCUT2D eigenvalue weighted by Crippen LogP contribution is 2.23. The number of piperazine rings is 1. The zero-order valence-electron chi connectivity index (χ0n) is 21.6. The first kappa shape index (κ1) is 27.0. The second kappa shape index (κ2) is 12.4. The molecule has 8 heteroatoms. The summed E-state index contributed by atoms with van der Waals surface area (Å²) in [5, 5.41) is 11.6. The predicted molar refractivity (Wildman–Crippen MR) is 139 cm³/mol. The molecular weight excluding hydrogens is 456 g/mol. The summed E-state index contributed by atoms with van der Waals surface area (Å²) in [5.74, 6) is 0.739. The molecule has 0 unspecified atom stereocenters. The van der Waals surface area contributed by atoms with E-state index in [9.17, 15) is 9.59 Å². The van der Waals surface area contributed by atoms with Crippen molar-refractivity contribution in [3.63, 3.8) is 0 Å². The van der Waals surface area contributed by atoms with E-state index in [2.05, 4.69) is 16.3 Å². The first-order valence-corrected chi connectivity index (χ1v) is 12.4. The minimum Gasteiger partial charge on any atom is -0.494 e. The van der Waals surface area contributed by atoms with E-state index in [0.29, 0.717) is 25.3 Å². The third-order valence-corrected chi connectivity index (χ3v) is 5.88. The third kappa shape index (κ3) is 8.28. The first-order valence-electron chi connectivity index (χ1n) is 12.4. The quantitative estimate of drug-likeness (QED) is 0.559. The van der Waals surface area contributed by atoms with E-state index in [1.54, 1.807) is 32.6 Å². The smallest absolute Gasteiger partial charge is 0.408 e. The van der Waals surface area contributed by atoms with Gasteiger partial charge < -0.3 is 19.7 Å². The molecule has 0 aliphatic carbocycles. The Balaban J connectivity index is 1.34. The van der Waals surface area contributed by atoms with Gasteiger partial charge in [-0.25, -0.2) is 4.79 Å². The molecule has 0 aromatic heterocycles. The van der Waals surface area contributed by atoms with Crippen molar-refractivity contribution in [2.75, 3.05) is 39.3 Å². The van der Waals surface area contributed by atoms with E-state index in [1.807, 2.05) is 48.5 Å². The standard InChI is InChI=1S/C28H36N4O4/c1-21(30-27(34)36-28(2,3)4)26(33)32-17-15-31(16-18-32)14-5-19-35-25-12-10-24(11-13-25)23-8-6-22(20-29)7-9-23/h6-13,21H,5,14-19H2,1-4H3,(H,30,34)/t21-/m0/s1. The van der Waals surface area contributed by atoms with Gasteiger partial charge in [0, 0.05) is 32.7 Å². The number of alkyl carbamates (subject to hydrolysis) is 1. The Morgan fingerprint density at radius 2 is 1.58 bits per heavy atom. The van der Waals surface area contributed by atoms with Gasteiger partial charge >= 0.3 is 6.09 Å². The highest BCUT2D eigenvalue weighted by atomic mass is 16.6. The summed E-state index contributed by atoms with van der Waals surface area (Å²) >= 11 is 0. The average Bonchev–Trinajstić information content (AvgIpc) is 2.86. The highest BCUT2D eigenvalue weighted by Gasteiger charge is 2.27. The van der Waals surface area contributed by atoms with Gasteiger partial charge in [-0.15, -0.1) is 0 Å². The van der Waals surface area contributed by atoms with Crippen molar-refractivity contribution in [1.82, 2.24) is 15.1 Å². The van der Waals surface area contributed by atoms with Gasteiger partial charge in [0.2, 0.25) is 5.91 Å². The number of rotatable bonds is 8. The van der Waals surface area contributed by atoms with Crippen LogP contribution in [0.15, 0.2) is 48.5 Å². The predicted octanol–water partition coefficient (Wildman–Crippen LogP) is 4.05. The van der Waals surface area contributed by atoms with E-state index in [0.717, 1.165) is 42.9 Å². The molecule has 1 atom stereocenters. The topological polar surface area (TPSA) is 94.9 Å². The molecule has 36 heavy (non-hydrogen) atoms. The van der Waals surface area contributed by atoms with Crippen LogP contribution in [0.5, 0.6) is 5.75 Å². The van der Waals surface area contributed by atoms with Crippen molar-refractivity contribution in [1.29, 1.82) is 5.26 Å². The van der Waals surface area contributed by atoms with Crippen LogP contribution in [0, 0.1) is 11.3 Å². The molecule has 3 rings (SSSR count). The fraction of sp³-hybridized carbons (Fsp3) is 0.464. The van der Waals surface area contributed by atoms with Crippen LogP contribution >= 0.6 is 0 Å². The van der Waals surface area contributed by atoms with Gasteiger partial charge in [0.25, 0.3) is 0 Å². The fourth-order valence-corrected chi connectivity index (χ4v) is 3.97. The lowest BCUT2D eigenvalue weighted by atomic mass is 10.0. The number of nitriles is 1. The summed E-state index contributed by atoms with van der Waals surface area (Å²) < 4.78 is 11.1. The lowest BCUT2D eigenvalue weighted by Crippen LogP contribution is -2.54. The maximum absolute atomic E-state index is 12.7. The Bertz CT molecular complexity index is 1050. The van der Waals surface area contributed by atoms with E-state index >= 15 is 0 Å². The summed E-state index contributed by atoms with van der Waals surface area (Å²) in [7, 11) is 0. The minimum absolute atomic E-state index is 0.0895. The molecule has 1 aliphatic heterocycles. The number of carbonyl (C=O) groups is 2. The zero-order valence-corrected chi connectivity index (χ0v) is 21.6. The van der Waals surface area contributed by atoms with Crippen molar-refractivity contribution < 1.29 is 19.1 Å². The molecule has 1 fully saturated rings. The van der Waals surface area contributed by atoms with Gasteiger partial charge in [-0.2, -0.15) is 5.26 Å². The molecule has 0 saturated carbocycles. The van der Waals surface area contributed by atoms with Crippen LogP contribution in [0.4, 0.5) is 4.79 Å². The summed E-state index contributed by atoms with van der Waals surface area (Å²) in [6, 6.07) is 17.0. The Kier molecular flexibility index (Phi) is 9.31. The molecule has 2 amide bonds. The third-order valence-electron chi connectivity index (χ3n) is 5.88. The minimum atomic E-state index is -0.622. The van der Waals surface area contributed by atoms with E-state index in [1.165, 1.54) is 0 Å². The van der Waals surface area contributed by atoms with Crippen LogP contribution in [0.2, 0.25) is 0 Å². The molecule has 1 saturated heterocycles. The van der Waals surface area contributed by atoms with Gasteiger partial charge in [-0.05, 0) is 69.5 Å². The molecule has 0 bridgehead atoms. The normalized spacial score (nSPS) is 15.0. The Morgan fingerprint density at radius 3 is 2.14 bits per heavy atom. The fourth-order valence-electron chi connectivity index (χ4n) is 3.97. The first-order chi connectivity index (χ1) is 17.1. The lowest BCUT2D eigenvalue weighted by molar-refractivity contribution is -0.134. The number of amides is 2. The van der Waals surface area contributed by atoms with Gasteiger partial charge in [-0.1, -0.05) is 24.3 Å². The number of hydrogen-bond acceptors (Lipinski definition) is 6. The molecular formula is C28H36N4O4. The van der Waals surface area contributed by atoms with Crippen LogP contribution in [-0.4, -0.2) is 72.8 Å². The zero-order chi connectivity index (χ0) is 26.1. The van der Waals surface area contributed by atoms with Crippen molar-refractivity contribution in [3.05, 3.63) is 54.1 Å². The molecule has 1 N–H and O–H groups in total. The van der Waals surface area contributed by atoms with E-state index in [4.69, 9.17) is 14.7 Å². The van der Waals surface area contributed by atoms with Crippen molar-refractivity contribution in [2.45, 2.75) is 45.8 Å². The van der Waals surface area contributed by atoms with Crippen molar-refractivity contribution >= 4 is 12.0 Å². The largest absolute Gasteiger partial charge is 0.494 e. The molecule has 2 aromatic carbocycles. The van der Waals surface area contributed by atoms with Crippen LogP contribution in [0.1, 0.15) is 39.7 Å². The molecule has 0 spiro atoms. The van der Waals surface area contributed by atoms with Crippen LogP contribution in [0.25, 0.3) is 11.1 Å². The van der Waals surface area contributed by atoms with Gasteiger partial charge in [0.1, 0.15) is 17.4 Å². The number of nitrogens with one attached hydrogen (secondary N) is 1. The number of ether oxygens (including phenoxy) is 2. The van der Waals surface area contributed by atoms with E-state index in [-0.39, 0.29) is 5.91 Å². The van der Waals surface area contributed by atoms with Gasteiger partial charge in [0.15, 0.2) is 0 Å². The van der Waals surface area contributed by atoms with Crippen LogP contribution in [0.3, 0.4) is 0 Å². The summed E-state index contributed by atoms with van der Waals surface area (Å²) in [5.41, 5.74) is 2.19. The maximum atomic E-state index is 12.7. The second-order valence-corrected chi connectivity index (χ2v) is 9.95. The Hall–Kier alpha value is -3.57. The maximum Gasteiger partial charge on any atom is 0.408 e. The van der Waals surface area contributed by atoms with Crippen LogP contribution < -0.4 is 10.1 Å². The molecule has 8 nitrogen and oxygen atoms in total. The van der Waals surface area contributed by atoms with Crippen molar-refractivity contribution in [3.8, 4) is 22.9 Å². The summed E-state index contributed by atoms with van der Waals surface area (Å²) in [6.07, 6.45) is 0.313. The number of hydrogen-bond donors (Lipinski definition) is 1. The molecule has 192 valence electrons. The average molecular weight is 493 g/mol. The number of nitrogens with zero attached hydrogens (tertiary/aromatic N) is 3.